The molecule has 0 bridgehead atoms. The number of anilines is 1. The summed E-state index contributed by atoms with van der Waals surface area (Å²) >= 11 is 0. The van der Waals surface area contributed by atoms with Gasteiger partial charge in [-0.3, -0.25) is 9.80 Å². The average Bonchev–Trinajstić information content (AvgIpc) is 3.36. The molecule has 2 atom stereocenters. The molecule has 2 fully saturated rings. The zero-order valence-electron chi connectivity index (χ0n) is 23.8. The van der Waals surface area contributed by atoms with Gasteiger partial charge in [0.1, 0.15) is 29.6 Å². The fourth-order valence-corrected chi connectivity index (χ4v) is 6.21. The Labute approximate surface area is 236 Å². The Kier molecular flexibility index (Phi) is 7.96. The van der Waals surface area contributed by atoms with Gasteiger partial charge in [0, 0.05) is 77.1 Å². The summed E-state index contributed by atoms with van der Waals surface area (Å²) in [6, 6.07) is 11.0. The van der Waals surface area contributed by atoms with Crippen molar-refractivity contribution in [1.82, 2.24) is 14.7 Å². The van der Waals surface area contributed by atoms with Crippen LogP contribution in [0.2, 0.25) is 0 Å². The zero-order chi connectivity index (χ0) is 27.6. The lowest BCUT2D eigenvalue weighted by atomic mass is 9.89. The third-order valence-corrected chi connectivity index (χ3v) is 8.54. The third-order valence-electron chi connectivity index (χ3n) is 8.54. The number of hydrogen-bond donors (Lipinski definition) is 0. The molecule has 2 saturated heterocycles. The van der Waals surface area contributed by atoms with Crippen molar-refractivity contribution in [2.24, 2.45) is 11.1 Å². The van der Waals surface area contributed by atoms with Gasteiger partial charge < -0.3 is 24.1 Å². The molecule has 0 saturated carbocycles. The number of methoxy groups -OCH3 is 1. The molecule has 8 nitrogen and oxygen atoms in total. The maximum atomic E-state index is 13.5. The lowest BCUT2D eigenvalue weighted by Gasteiger charge is -2.37. The fourth-order valence-electron chi connectivity index (χ4n) is 6.21. The molecule has 6 rings (SSSR count). The van der Waals surface area contributed by atoms with Gasteiger partial charge in [0.15, 0.2) is 6.10 Å². The molecule has 2 unspecified atom stereocenters. The largest absolute Gasteiger partial charge is 0.495 e. The Hall–Kier alpha value is -3.14. The van der Waals surface area contributed by atoms with Crippen molar-refractivity contribution in [3.05, 3.63) is 58.9 Å². The maximum Gasteiger partial charge on any atom is 0.151 e. The number of ether oxygens (including phenoxy) is 2. The first-order chi connectivity index (χ1) is 19.5. The van der Waals surface area contributed by atoms with E-state index in [1.807, 2.05) is 6.07 Å². The molecule has 0 radical (unpaired) electrons. The maximum absolute atomic E-state index is 13.5. The van der Waals surface area contributed by atoms with E-state index in [4.69, 9.17) is 14.3 Å². The number of piperazine rings is 2. The van der Waals surface area contributed by atoms with Crippen molar-refractivity contribution >= 4 is 17.5 Å². The van der Waals surface area contributed by atoms with Gasteiger partial charge in [0.05, 0.1) is 18.7 Å². The van der Waals surface area contributed by atoms with Crippen molar-refractivity contribution in [2.45, 2.75) is 13.0 Å². The van der Waals surface area contributed by atoms with Gasteiger partial charge in [-0.2, -0.15) is 0 Å². The average molecular weight is 550 g/mol. The summed E-state index contributed by atoms with van der Waals surface area (Å²) in [4.78, 5) is 15.7. The van der Waals surface area contributed by atoms with Crippen LogP contribution in [0.25, 0.3) is 6.08 Å². The van der Waals surface area contributed by atoms with Gasteiger partial charge >= 0.3 is 0 Å². The molecule has 0 aromatic heterocycles. The quantitative estimate of drug-likeness (QED) is 0.525. The Morgan fingerprint density at radius 2 is 1.82 bits per heavy atom. The number of benzene rings is 2. The van der Waals surface area contributed by atoms with Crippen LogP contribution in [0.4, 0.5) is 10.1 Å². The van der Waals surface area contributed by atoms with Gasteiger partial charge in [-0.1, -0.05) is 28.9 Å². The van der Waals surface area contributed by atoms with Crippen molar-refractivity contribution in [3.8, 4) is 11.5 Å². The molecule has 0 aliphatic carbocycles. The monoisotopic (exact) mass is 549 g/mol. The minimum atomic E-state index is -0.196. The van der Waals surface area contributed by atoms with Crippen LogP contribution in [0.3, 0.4) is 0 Å². The first-order valence-electron chi connectivity index (χ1n) is 14.4. The van der Waals surface area contributed by atoms with E-state index >= 15 is 0 Å². The molecular formula is C31H40FN5O3. The predicted molar refractivity (Wildman–Crippen MR) is 156 cm³/mol. The van der Waals surface area contributed by atoms with Crippen molar-refractivity contribution in [1.29, 1.82) is 0 Å². The highest BCUT2D eigenvalue weighted by atomic mass is 19.1. The summed E-state index contributed by atoms with van der Waals surface area (Å²) in [6.45, 7) is 12.4. The number of likely N-dealkylation sites (N-methyl/N-ethyl adjacent to an activating group) is 1. The van der Waals surface area contributed by atoms with Gasteiger partial charge in [-0.05, 0) is 37.7 Å². The van der Waals surface area contributed by atoms with Crippen LogP contribution in [-0.4, -0.2) is 113 Å². The number of fused-ring (bicyclic) bond motifs is 3. The molecule has 214 valence electrons. The second-order valence-corrected chi connectivity index (χ2v) is 11.5. The van der Waals surface area contributed by atoms with E-state index in [2.05, 4.69) is 56.9 Å². The first-order valence-corrected chi connectivity index (χ1v) is 14.4. The minimum Gasteiger partial charge on any atom is -0.495 e. The molecular weight excluding hydrogens is 509 g/mol. The smallest absolute Gasteiger partial charge is 0.151 e. The van der Waals surface area contributed by atoms with Crippen LogP contribution in [0, 0.1) is 11.7 Å². The number of nitrogens with zero attached hydrogens (tertiary/aromatic N) is 5. The summed E-state index contributed by atoms with van der Waals surface area (Å²) in [7, 11) is 3.89. The topological polar surface area (TPSA) is 53.0 Å². The van der Waals surface area contributed by atoms with E-state index in [-0.39, 0.29) is 17.8 Å². The Balaban J connectivity index is 1.04. The molecule has 2 aromatic rings. The summed E-state index contributed by atoms with van der Waals surface area (Å²) in [5, 5.41) is 4.56. The standard InChI is InChI=1S/C31H40FN5O3/c1-22(15-23-5-4-6-24(32)16-23)19-35-9-11-36(12-10-35)20-30-26-21-39-28-18-27(37-13-7-34(2)8-14-37)29(38-3)17-25(28)31(26)33-40-30/h4-6,15-18,26,30H,7-14,19-21H2,1-3H3/b22-15+. The van der Waals surface area contributed by atoms with E-state index in [0.717, 1.165) is 99.5 Å². The second-order valence-electron chi connectivity index (χ2n) is 11.5. The zero-order valence-corrected chi connectivity index (χ0v) is 23.8. The van der Waals surface area contributed by atoms with Crippen LogP contribution in [0.1, 0.15) is 18.1 Å². The Morgan fingerprint density at radius 1 is 1.05 bits per heavy atom. The van der Waals surface area contributed by atoms with E-state index < -0.39 is 0 Å². The van der Waals surface area contributed by atoms with Gasteiger partial charge in [0.25, 0.3) is 0 Å². The highest BCUT2D eigenvalue weighted by molar-refractivity contribution is 6.07. The molecule has 4 aliphatic rings. The van der Waals surface area contributed by atoms with Gasteiger partial charge in [-0.15, -0.1) is 0 Å². The van der Waals surface area contributed by atoms with Crippen LogP contribution in [0.5, 0.6) is 11.5 Å². The van der Waals surface area contributed by atoms with E-state index in [1.54, 1.807) is 19.2 Å². The van der Waals surface area contributed by atoms with Crippen LogP contribution >= 0.6 is 0 Å². The highest BCUT2D eigenvalue weighted by Crippen LogP contribution is 2.41. The summed E-state index contributed by atoms with van der Waals surface area (Å²) < 4.78 is 25.7. The third kappa shape index (κ3) is 5.82. The highest BCUT2D eigenvalue weighted by Gasteiger charge is 2.41. The molecule has 40 heavy (non-hydrogen) atoms. The fraction of sp³-hybridized carbons (Fsp3) is 0.516. The Bertz CT molecular complexity index is 1270. The summed E-state index contributed by atoms with van der Waals surface area (Å²) in [5.41, 5.74) is 5.20. The van der Waals surface area contributed by atoms with Crippen molar-refractivity contribution in [2.75, 3.05) is 91.1 Å². The first kappa shape index (κ1) is 27.1. The van der Waals surface area contributed by atoms with E-state index in [0.29, 0.717) is 6.61 Å². The molecule has 9 heteroatoms. The molecule has 0 N–H and O–H groups in total. The number of halogens is 1. The van der Waals surface area contributed by atoms with Crippen LogP contribution in [-0.2, 0) is 4.84 Å². The Morgan fingerprint density at radius 3 is 2.58 bits per heavy atom. The van der Waals surface area contributed by atoms with Crippen LogP contribution in [0.15, 0.2) is 47.1 Å². The van der Waals surface area contributed by atoms with E-state index in [1.165, 1.54) is 11.6 Å². The van der Waals surface area contributed by atoms with Crippen molar-refractivity contribution in [3.63, 3.8) is 0 Å². The normalized spacial score (nSPS) is 24.1. The predicted octanol–water partition coefficient (Wildman–Crippen LogP) is 3.42. The number of oxime groups is 1. The molecule has 4 aliphatic heterocycles. The second kappa shape index (κ2) is 11.8. The van der Waals surface area contributed by atoms with Gasteiger partial charge in [0.2, 0.25) is 0 Å². The molecule has 0 amide bonds. The van der Waals surface area contributed by atoms with E-state index in [9.17, 15) is 4.39 Å². The number of rotatable bonds is 7. The molecule has 4 heterocycles. The van der Waals surface area contributed by atoms with Gasteiger partial charge in [-0.25, -0.2) is 4.39 Å². The van der Waals surface area contributed by atoms with Crippen LogP contribution < -0.4 is 14.4 Å². The minimum absolute atomic E-state index is 0.0207. The summed E-state index contributed by atoms with van der Waals surface area (Å²) in [5.74, 6) is 1.64. The van der Waals surface area contributed by atoms with Crippen molar-refractivity contribution < 1.29 is 18.7 Å². The summed E-state index contributed by atoms with van der Waals surface area (Å²) in [6.07, 6.45) is 2.05. The lowest BCUT2D eigenvalue weighted by Crippen LogP contribution is -2.50. The SMILES string of the molecule is COc1cc2c(cc1N1CCN(C)CC1)OCC1C2=NOC1CN1CCN(C/C(C)=C/c2cccc(F)c2)CC1. The molecule has 0 spiro atoms. The lowest BCUT2D eigenvalue weighted by molar-refractivity contribution is 0.0101. The number of hydrogen-bond acceptors (Lipinski definition) is 8. The molecule has 2 aromatic carbocycles.